The molecular weight excluding hydrogens is 332 g/mol. The Morgan fingerprint density at radius 2 is 2.04 bits per heavy atom. The summed E-state index contributed by atoms with van der Waals surface area (Å²) in [7, 11) is 1.47. The van der Waals surface area contributed by atoms with Gasteiger partial charge in [-0.1, -0.05) is 6.07 Å². The minimum absolute atomic E-state index is 0.0346. The van der Waals surface area contributed by atoms with Gasteiger partial charge in [0.15, 0.2) is 0 Å². The summed E-state index contributed by atoms with van der Waals surface area (Å²) in [6.45, 7) is 0. The second kappa shape index (κ2) is 6.17. The van der Waals surface area contributed by atoms with Gasteiger partial charge in [0.05, 0.1) is 23.7 Å². The molecule has 3 N–H and O–H groups in total. The maximum absolute atomic E-state index is 12.5. The van der Waals surface area contributed by atoms with E-state index in [2.05, 4.69) is 10.3 Å². The fourth-order valence-electron chi connectivity index (χ4n) is 2.38. The molecule has 0 radical (unpaired) electrons. The number of carbonyl (C=O) groups excluding carboxylic acids is 2. The molecule has 0 bridgehead atoms. The number of aromatic amines is 1. The van der Waals surface area contributed by atoms with Crippen LogP contribution < -0.4 is 10.1 Å². The lowest BCUT2D eigenvalue weighted by Gasteiger charge is -2.05. The Kier molecular flexibility index (Phi) is 4.05. The number of rotatable bonds is 5. The highest BCUT2D eigenvalue weighted by atomic mass is 32.1. The number of Topliss-reactive ketones (excluding diaryl/α,β-unsaturated/α-hetero) is 1. The van der Waals surface area contributed by atoms with Gasteiger partial charge < -0.3 is 20.1 Å². The van der Waals surface area contributed by atoms with Gasteiger partial charge in [-0.25, -0.2) is 4.79 Å². The SMILES string of the molecule is COc1cccc2[nH]cc(C(=O)C(=O)Nc3ccsc3C(=O)O)c12. The number of hydrogen-bond donors (Lipinski definition) is 3. The number of aromatic nitrogens is 1. The third kappa shape index (κ3) is 2.63. The first-order chi connectivity index (χ1) is 11.5. The number of carboxylic acid groups (broad SMARTS) is 1. The summed E-state index contributed by atoms with van der Waals surface area (Å²) < 4.78 is 5.23. The van der Waals surface area contributed by atoms with Gasteiger partial charge in [0.25, 0.3) is 11.7 Å². The lowest BCUT2D eigenvalue weighted by atomic mass is 10.1. The number of nitrogens with one attached hydrogen (secondary N) is 2. The topological polar surface area (TPSA) is 108 Å². The lowest BCUT2D eigenvalue weighted by molar-refractivity contribution is -0.112. The number of thiophene rings is 1. The largest absolute Gasteiger partial charge is 0.496 e. The van der Waals surface area contributed by atoms with E-state index in [-0.39, 0.29) is 16.1 Å². The molecule has 2 heterocycles. The second-order valence-corrected chi connectivity index (χ2v) is 5.75. The van der Waals surface area contributed by atoms with E-state index >= 15 is 0 Å². The molecule has 0 aliphatic rings. The Hall–Kier alpha value is -3.13. The molecule has 2 aromatic heterocycles. The molecule has 0 atom stereocenters. The van der Waals surface area contributed by atoms with Crippen LogP contribution in [0.2, 0.25) is 0 Å². The molecule has 1 aromatic carbocycles. The summed E-state index contributed by atoms with van der Waals surface area (Å²) in [4.78, 5) is 38.6. The van der Waals surface area contributed by atoms with Crippen LogP contribution in [0.5, 0.6) is 5.75 Å². The van der Waals surface area contributed by atoms with Crippen molar-refractivity contribution in [3.05, 3.63) is 46.3 Å². The standard InChI is InChI=1S/C16H12N2O5S/c1-23-11-4-2-3-9-12(11)8(7-17-9)13(19)15(20)18-10-5-6-24-14(10)16(21)22/h2-7,17H,1H3,(H,18,20)(H,21,22). The zero-order valence-corrected chi connectivity index (χ0v) is 13.3. The number of ether oxygens (including phenoxy) is 1. The van der Waals surface area contributed by atoms with Crippen molar-refractivity contribution in [2.24, 2.45) is 0 Å². The van der Waals surface area contributed by atoms with Crippen molar-refractivity contribution in [3.8, 4) is 5.75 Å². The molecule has 0 saturated heterocycles. The van der Waals surface area contributed by atoms with Crippen LogP contribution >= 0.6 is 11.3 Å². The van der Waals surface area contributed by atoms with Crippen molar-refractivity contribution in [2.75, 3.05) is 12.4 Å². The van der Waals surface area contributed by atoms with Crippen molar-refractivity contribution in [2.45, 2.75) is 0 Å². The normalized spacial score (nSPS) is 10.5. The first-order valence-corrected chi connectivity index (χ1v) is 7.71. The molecule has 0 spiro atoms. The Bertz CT molecular complexity index is 956. The fraction of sp³-hybridized carbons (Fsp3) is 0.0625. The maximum atomic E-state index is 12.5. The monoisotopic (exact) mass is 344 g/mol. The van der Waals surface area contributed by atoms with E-state index in [0.717, 1.165) is 11.3 Å². The van der Waals surface area contributed by atoms with Crippen molar-refractivity contribution in [3.63, 3.8) is 0 Å². The molecule has 0 fully saturated rings. The van der Waals surface area contributed by atoms with Gasteiger partial charge in [0, 0.05) is 11.7 Å². The molecule has 24 heavy (non-hydrogen) atoms. The van der Waals surface area contributed by atoms with Gasteiger partial charge in [0.2, 0.25) is 0 Å². The van der Waals surface area contributed by atoms with Crippen LogP contribution in [-0.4, -0.2) is 34.9 Å². The predicted octanol–water partition coefficient (Wildman–Crippen LogP) is 2.76. The van der Waals surface area contributed by atoms with Crippen molar-refractivity contribution in [1.29, 1.82) is 0 Å². The third-order valence-corrected chi connectivity index (χ3v) is 4.35. The van der Waals surface area contributed by atoms with Crippen molar-refractivity contribution < 1.29 is 24.2 Å². The highest BCUT2D eigenvalue weighted by Gasteiger charge is 2.24. The van der Waals surface area contributed by atoms with Gasteiger partial charge in [0.1, 0.15) is 10.6 Å². The zero-order valence-electron chi connectivity index (χ0n) is 12.5. The summed E-state index contributed by atoms with van der Waals surface area (Å²) in [5.74, 6) is -2.40. The molecule has 8 heteroatoms. The van der Waals surface area contributed by atoms with Gasteiger partial charge >= 0.3 is 5.97 Å². The number of ketones is 1. The number of hydrogen-bond acceptors (Lipinski definition) is 5. The van der Waals surface area contributed by atoms with Crippen LogP contribution in [0, 0.1) is 0 Å². The number of anilines is 1. The maximum Gasteiger partial charge on any atom is 0.348 e. The van der Waals surface area contributed by atoms with Crippen LogP contribution in [0.25, 0.3) is 10.9 Å². The lowest BCUT2D eigenvalue weighted by Crippen LogP contribution is -2.23. The Morgan fingerprint density at radius 1 is 1.25 bits per heavy atom. The second-order valence-electron chi connectivity index (χ2n) is 4.84. The number of methoxy groups -OCH3 is 1. The van der Waals surface area contributed by atoms with Gasteiger partial charge in [-0.05, 0) is 23.6 Å². The highest BCUT2D eigenvalue weighted by molar-refractivity contribution is 7.12. The Labute approximate surface area is 139 Å². The van der Waals surface area contributed by atoms with E-state index < -0.39 is 17.7 Å². The first kappa shape index (κ1) is 15.8. The van der Waals surface area contributed by atoms with Crippen molar-refractivity contribution in [1.82, 2.24) is 4.98 Å². The molecule has 0 saturated carbocycles. The Balaban J connectivity index is 1.93. The van der Waals surface area contributed by atoms with Crippen LogP contribution in [0.3, 0.4) is 0 Å². The van der Waals surface area contributed by atoms with Crippen molar-refractivity contribution >= 4 is 45.6 Å². The minimum atomic E-state index is -1.17. The van der Waals surface area contributed by atoms with E-state index in [4.69, 9.17) is 9.84 Å². The summed E-state index contributed by atoms with van der Waals surface area (Å²) in [6.07, 6.45) is 1.43. The number of carbonyl (C=O) groups is 3. The summed E-state index contributed by atoms with van der Waals surface area (Å²) in [6, 6.07) is 6.64. The number of carboxylic acids is 1. The van der Waals surface area contributed by atoms with Gasteiger partial charge in [-0.3, -0.25) is 9.59 Å². The van der Waals surface area contributed by atoms with Gasteiger partial charge in [-0.2, -0.15) is 0 Å². The van der Waals surface area contributed by atoms with Crippen LogP contribution in [0.4, 0.5) is 5.69 Å². The van der Waals surface area contributed by atoms with E-state index in [1.54, 1.807) is 18.2 Å². The van der Waals surface area contributed by atoms with E-state index in [1.807, 2.05) is 0 Å². The average Bonchev–Trinajstić information content (AvgIpc) is 3.20. The van der Waals surface area contributed by atoms with Crippen LogP contribution in [0.1, 0.15) is 20.0 Å². The zero-order chi connectivity index (χ0) is 17.3. The number of amides is 1. The molecule has 122 valence electrons. The average molecular weight is 344 g/mol. The molecule has 0 aliphatic heterocycles. The third-order valence-electron chi connectivity index (χ3n) is 3.45. The van der Waals surface area contributed by atoms with Gasteiger partial charge in [-0.15, -0.1) is 11.3 Å². The molecule has 3 aromatic rings. The van der Waals surface area contributed by atoms with E-state index in [1.165, 1.54) is 24.8 Å². The smallest absolute Gasteiger partial charge is 0.348 e. The first-order valence-electron chi connectivity index (χ1n) is 6.83. The van der Waals surface area contributed by atoms with Crippen LogP contribution in [-0.2, 0) is 4.79 Å². The quantitative estimate of drug-likeness (QED) is 0.487. The number of benzene rings is 1. The van der Waals surface area contributed by atoms with Crippen LogP contribution in [0.15, 0.2) is 35.8 Å². The molecular formula is C16H12N2O5S. The fourth-order valence-corrected chi connectivity index (χ4v) is 3.06. The highest BCUT2D eigenvalue weighted by Crippen LogP contribution is 2.29. The summed E-state index contributed by atoms with van der Waals surface area (Å²) in [5.41, 5.74) is 0.914. The Morgan fingerprint density at radius 3 is 2.75 bits per heavy atom. The number of aromatic carboxylic acids is 1. The molecule has 1 amide bonds. The molecule has 0 unspecified atom stereocenters. The number of H-pyrrole nitrogens is 1. The molecule has 7 nitrogen and oxygen atoms in total. The molecule has 0 aliphatic carbocycles. The predicted molar refractivity (Wildman–Crippen MR) is 89.1 cm³/mol. The van der Waals surface area contributed by atoms with E-state index in [0.29, 0.717) is 16.7 Å². The summed E-state index contributed by atoms with van der Waals surface area (Å²) >= 11 is 0.966. The number of fused-ring (bicyclic) bond motifs is 1. The summed E-state index contributed by atoms with van der Waals surface area (Å²) in [5, 5.41) is 13.4. The van der Waals surface area contributed by atoms with E-state index in [9.17, 15) is 14.4 Å². The molecule has 3 rings (SSSR count). The minimum Gasteiger partial charge on any atom is -0.496 e.